The monoisotopic (exact) mass is 414 g/mol. The van der Waals surface area contributed by atoms with Gasteiger partial charge in [-0.2, -0.15) is 0 Å². The van der Waals surface area contributed by atoms with E-state index in [1.54, 1.807) is 0 Å². The van der Waals surface area contributed by atoms with E-state index in [4.69, 9.17) is 46.4 Å². The summed E-state index contributed by atoms with van der Waals surface area (Å²) in [6.07, 6.45) is 0. The Morgan fingerprint density at radius 3 is 2.35 bits per heavy atom. The average molecular weight is 417 g/mol. The number of halogens is 6. The minimum Gasteiger partial charge on any atom is -0.288 e. The van der Waals surface area contributed by atoms with Crippen LogP contribution in [-0.2, 0) is 0 Å². The highest BCUT2D eigenvalue weighted by atomic mass is 79.9. The number of rotatable bonds is 2. The van der Waals surface area contributed by atoms with E-state index in [0.29, 0.717) is 0 Å². The second-order valence-corrected chi connectivity index (χ2v) is 6.14. The van der Waals surface area contributed by atoms with Crippen molar-refractivity contribution < 1.29 is 9.18 Å². The minimum absolute atomic E-state index is 0.0194. The van der Waals surface area contributed by atoms with Crippen LogP contribution in [0.4, 0.5) is 4.39 Å². The third-order valence-corrected chi connectivity index (χ3v) is 4.90. The first kappa shape index (κ1) is 16.1. The molecule has 2 aromatic carbocycles. The highest BCUT2D eigenvalue weighted by Gasteiger charge is 2.23. The van der Waals surface area contributed by atoms with Crippen LogP contribution in [0.5, 0.6) is 0 Å². The van der Waals surface area contributed by atoms with Crippen molar-refractivity contribution in [3.8, 4) is 0 Å². The first-order chi connectivity index (χ1) is 9.34. The van der Waals surface area contributed by atoms with Gasteiger partial charge in [-0.05, 0) is 34.1 Å². The Hall–Kier alpha value is -0.320. The first-order valence-corrected chi connectivity index (χ1v) is 7.46. The highest BCUT2D eigenvalue weighted by Crippen LogP contribution is 2.39. The van der Waals surface area contributed by atoms with Gasteiger partial charge < -0.3 is 0 Å². The molecule has 0 aromatic heterocycles. The van der Waals surface area contributed by atoms with Crippen LogP contribution in [0.3, 0.4) is 0 Å². The summed E-state index contributed by atoms with van der Waals surface area (Å²) < 4.78 is 13.5. The molecule has 0 bridgehead atoms. The third kappa shape index (κ3) is 2.83. The fourth-order valence-electron chi connectivity index (χ4n) is 1.59. The van der Waals surface area contributed by atoms with E-state index in [-0.39, 0.29) is 35.7 Å². The summed E-state index contributed by atoms with van der Waals surface area (Å²) in [5.74, 6) is -1.12. The number of carbonyl (C=O) groups excluding carboxylic acids is 1. The predicted octanol–water partition coefficient (Wildman–Crippen LogP) is 6.43. The van der Waals surface area contributed by atoms with Gasteiger partial charge in [0.05, 0.1) is 30.1 Å². The number of benzene rings is 2. The van der Waals surface area contributed by atoms with E-state index in [1.807, 2.05) is 0 Å². The lowest BCUT2D eigenvalue weighted by atomic mass is 10.0. The van der Waals surface area contributed by atoms with Crippen molar-refractivity contribution >= 4 is 68.1 Å². The molecule has 0 spiro atoms. The van der Waals surface area contributed by atoms with Crippen molar-refractivity contribution in [3.63, 3.8) is 0 Å². The van der Waals surface area contributed by atoms with E-state index in [1.165, 1.54) is 24.3 Å². The molecule has 20 heavy (non-hydrogen) atoms. The Kier molecular flexibility index (Phi) is 4.98. The lowest BCUT2D eigenvalue weighted by Crippen LogP contribution is -2.05. The van der Waals surface area contributed by atoms with Gasteiger partial charge in [0.1, 0.15) is 5.82 Å². The normalized spacial score (nSPS) is 10.7. The molecule has 0 saturated carbocycles. The Morgan fingerprint density at radius 2 is 1.70 bits per heavy atom. The van der Waals surface area contributed by atoms with Crippen LogP contribution in [0.15, 0.2) is 28.7 Å². The molecule has 0 heterocycles. The molecule has 0 aliphatic carbocycles. The maximum absolute atomic E-state index is 13.5. The molecule has 0 N–H and O–H groups in total. The molecule has 0 amide bonds. The molecule has 1 nitrogen and oxygen atoms in total. The van der Waals surface area contributed by atoms with Crippen LogP contribution >= 0.6 is 62.3 Å². The van der Waals surface area contributed by atoms with Gasteiger partial charge in [-0.25, -0.2) is 4.39 Å². The summed E-state index contributed by atoms with van der Waals surface area (Å²) in [7, 11) is 0. The molecule has 7 heteroatoms. The fourth-order valence-corrected chi connectivity index (χ4v) is 3.12. The molecule has 0 unspecified atom stereocenters. The summed E-state index contributed by atoms with van der Waals surface area (Å²) in [6.45, 7) is 0. The van der Waals surface area contributed by atoms with Crippen molar-refractivity contribution in [1.82, 2.24) is 0 Å². The molecule has 0 fully saturated rings. The summed E-state index contributed by atoms with van der Waals surface area (Å²) in [5, 5.41) is 0.140. The first-order valence-electron chi connectivity index (χ1n) is 5.16. The van der Waals surface area contributed by atoms with E-state index >= 15 is 0 Å². The molecular formula is C13H4BrCl4FO. The molecule has 0 aliphatic heterocycles. The molecule has 0 radical (unpaired) electrons. The zero-order valence-electron chi connectivity index (χ0n) is 9.49. The van der Waals surface area contributed by atoms with E-state index in [0.717, 1.165) is 0 Å². The highest BCUT2D eigenvalue weighted by molar-refractivity contribution is 9.10. The molecule has 2 rings (SSSR count). The second kappa shape index (κ2) is 6.20. The smallest absolute Gasteiger partial charge is 0.197 e. The Morgan fingerprint density at radius 1 is 1.05 bits per heavy atom. The summed E-state index contributed by atoms with van der Waals surface area (Å²) in [6, 6.07) is 5.40. The Bertz CT molecular complexity index is 718. The van der Waals surface area contributed by atoms with Crippen molar-refractivity contribution in [2.45, 2.75) is 0 Å². The van der Waals surface area contributed by atoms with Crippen molar-refractivity contribution in [3.05, 3.63) is 65.8 Å². The van der Waals surface area contributed by atoms with E-state index in [9.17, 15) is 9.18 Å². The predicted molar refractivity (Wildman–Crippen MR) is 84.0 cm³/mol. The number of hydrogen-bond acceptors (Lipinski definition) is 1. The van der Waals surface area contributed by atoms with E-state index < -0.39 is 11.6 Å². The standard InChI is InChI=1S/C13H4BrCl4FO/c14-10-5(2-1-3-8(10)19)13(20)9-6(15)4-7(16)11(17)12(9)18/h1-4H. The fraction of sp³-hybridized carbons (Fsp3) is 0. The van der Waals surface area contributed by atoms with Gasteiger partial charge in [-0.15, -0.1) is 0 Å². The van der Waals surface area contributed by atoms with Gasteiger partial charge in [0, 0.05) is 5.56 Å². The Labute approximate surface area is 142 Å². The number of carbonyl (C=O) groups is 1. The molecule has 2 aromatic rings. The molecule has 0 aliphatic rings. The maximum Gasteiger partial charge on any atom is 0.197 e. The van der Waals surface area contributed by atoms with Crippen LogP contribution < -0.4 is 0 Å². The SMILES string of the molecule is O=C(c1cccc(F)c1Br)c1c(Cl)cc(Cl)c(Cl)c1Cl. The van der Waals surface area contributed by atoms with E-state index in [2.05, 4.69) is 15.9 Å². The van der Waals surface area contributed by atoms with Crippen LogP contribution in [0.2, 0.25) is 20.1 Å². The van der Waals surface area contributed by atoms with Crippen LogP contribution in [0.1, 0.15) is 15.9 Å². The van der Waals surface area contributed by atoms with Gasteiger partial charge >= 0.3 is 0 Å². The Balaban J connectivity index is 2.66. The molecule has 0 saturated heterocycles. The third-order valence-electron chi connectivity index (χ3n) is 2.54. The maximum atomic E-state index is 13.5. The summed E-state index contributed by atoms with van der Waals surface area (Å²) in [5.41, 5.74) is 0.0706. The minimum atomic E-state index is -0.567. The van der Waals surface area contributed by atoms with Crippen molar-refractivity contribution in [2.24, 2.45) is 0 Å². The zero-order valence-corrected chi connectivity index (χ0v) is 14.1. The average Bonchev–Trinajstić information content (AvgIpc) is 2.39. The van der Waals surface area contributed by atoms with Gasteiger partial charge in [0.25, 0.3) is 0 Å². The largest absolute Gasteiger partial charge is 0.288 e. The second-order valence-electron chi connectivity index (χ2n) is 3.77. The van der Waals surface area contributed by atoms with Gasteiger partial charge in [0.2, 0.25) is 0 Å². The molecule has 0 atom stereocenters. The quantitative estimate of drug-likeness (QED) is 0.313. The summed E-state index contributed by atoms with van der Waals surface area (Å²) in [4.78, 5) is 12.5. The molecular weight excluding hydrogens is 413 g/mol. The van der Waals surface area contributed by atoms with Crippen molar-refractivity contribution in [2.75, 3.05) is 0 Å². The summed E-state index contributed by atoms with van der Waals surface area (Å²) >= 11 is 26.7. The lowest BCUT2D eigenvalue weighted by molar-refractivity contribution is 0.103. The molecule has 104 valence electrons. The number of ketones is 1. The van der Waals surface area contributed by atoms with Crippen LogP contribution in [0.25, 0.3) is 0 Å². The zero-order chi connectivity index (χ0) is 15.0. The van der Waals surface area contributed by atoms with Crippen LogP contribution in [-0.4, -0.2) is 5.78 Å². The topological polar surface area (TPSA) is 17.1 Å². The van der Waals surface area contributed by atoms with Gasteiger partial charge in [0.15, 0.2) is 5.78 Å². The van der Waals surface area contributed by atoms with Crippen molar-refractivity contribution in [1.29, 1.82) is 0 Å². The lowest BCUT2D eigenvalue weighted by Gasteiger charge is -2.10. The van der Waals surface area contributed by atoms with Gasteiger partial charge in [-0.3, -0.25) is 4.79 Å². The van der Waals surface area contributed by atoms with Gasteiger partial charge in [-0.1, -0.05) is 52.5 Å². The van der Waals surface area contributed by atoms with Crippen LogP contribution in [0, 0.1) is 5.82 Å². The number of hydrogen-bond donors (Lipinski definition) is 0.